The van der Waals surface area contributed by atoms with Crippen LogP contribution in [0.15, 0.2) is 0 Å². The molecule has 0 aromatic carbocycles. The second-order valence-corrected chi connectivity index (χ2v) is 5.05. The zero-order valence-corrected chi connectivity index (χ0v) is 9.22. The SMILES string of the molecule is BrCCCN1CC2CCCC2C1. The molecular weight excluding hydrogens is 214 g/mol. The Labute approximate surface area is 83.6 Å². The molecule has 0 spiro atoms. The van der Waals surface area contributed by atoms with Gasteiger partial charge in [0.1, 0.15) is 0 Å². The highest BCUT2D eigenvalue weighted by Gasteiger charge is 2.35. The van der Waals surface area contributed by atoms with Crippen LogP contribution in [0.5, 0.6) is 0 Å². The fourth-order valence-electron chi connectivity index (χ4n) is 2.80. The van der Waals surface area contributed by atoms with Gasteiger partial charge in [-0.3, -0.25) is 0 Å². The summed E-state index contributed by atoms with van der Waals surface area (Å²) in [5.41, 5.74) is 0. The summed E-state index contributed by atoms with van der Waals surface area (Å²) in [6.07, 6.45) is 5.84. The van der Waals surface area contributed by atoms with Gasteiger partial charge in [0.25, 0.3) is 0 Å². The Morgan fingerprint density at radius 1 is 1.17 bits per heavy atom. The third kappa shape index (κ3) is 1.85. The topological polar surface area (TPSA) is 3.24 Å². The summed E-state index contributed by atoms with van der Waals surface area (Å²) in [6.45, 7) is 4.12. The van der Waals surface area contributed by atoms with E-state index in [2.05, 4.69) is 20.8 Å². The van der Waals surface area contributed by atoms with Crippen LogP contribution < -0.4 is 0 Å². The van der Waals surface area contributed by atoms with Crippen LogP contribution >= 0.6 is 15.9 Å². The molecule has 0 radical (unpaired) electrons. The molecule has 1 nitrogen and oxygen atoms in total. The van der Waals surface area contributed by atoms with Crippen molar-refractivity contribution in [2.45, 2.75) is 25.7 Å². The Kier molecular flexibility index (Phi) is 3.08. The van der Waals surface area contributed by atoms with Gasteiger partial charge >= 0.3 is 0 Å². The molecule has 2 aliphatic rings. The molecule has 12 heavy (non-hydrogen) atoms. The lowest BCUT2D eigenvalue weighted by atomic mass is 10.0. The Morgan fingerprint density at radius 2 is 1.83 bits per heavy atom. The number of nitrogens with zero attached hydrogens (tertiary/aromatic N) is 1. The van der Waals surface area contributed by atoms with E-state index in [1.165, 1.54) is 50.6 Å². The number of alkyl halides is 1. The number of fused-ring (bicyclic) bond motifs is 1. The molecule has 0 N–H and O–H groups in total. The summed E-state index contributed by atoms with van der Waals surface area (Å²) in [6, 6.07) is 0. The van der Waals surface area contributed by atoms with Crippen molar-refractivity contribution in [3.05, 3.63) is 0 Å². The molecule has 1 saturated carbocycles. The lowest BCUT2D eigenvalue weighted by Gasteiger charge is -2.15. The maximum Gasteiger partial charge on any atom is 0.00434 e. The molecule has 2 rings (SSSR count). The van der Waals surface area contributed by atoms with Gasteiger partial charge in [0.05, 0.1) is 0 Å². The fourth-order valence-corrected chi connectivity index (χ4v) is 3.05. The summed E-state index contributed by atoms with van der Waals surface area (Å²) in [7, 11) is 0. The van der Waals surface area contributed by atoms with E-state index in [4.69, 9.17) is 0 Å². The van der Waals surface area contributed by atoms with E-state index < -0.39 is 0 Å². The van der Waals surface area contributed by atoms with Gasteiger partial charge in [-0.2, -0.15) is 0 Å². The minimum absolute atomic E-state index is 1.07. The standard InChI is InChI=1S/C10H18BrN/c11-5-2-6-12-7-9-3-1-4-10(9)8-12/h9-10H,1-8H2. The van der Waals surface area contributed by atoms with Crippen LogP contribution in [0.3, 0.4) is 0 Å². The molecule has 2 fully saturated rings. The molecule has 2 unspecified atom stereocenters. The molecule has 0 aromatic rings. The summed E-state index contributed by atoms with van der Waals surface area (Å²) < 4.78 is 0. The number of likely N-dealkylation sites (tertiary alicyclic amines) is 1. The van der Waals surface area contributed by atoms with Gasteiger partial charge in [-0.15, -0.1) is 0 Å². The van der Waals surface area contributed by atoms with Crippen molar-refractivity contribution in [3.63, 3.8) is 0 Å². The highest BCUT2D eigenvalue weighted by molar-refractivity contribution is 9.09. The lowest BCUT2D eigenvalue weighted by Crippen LogP contribution is -2.23. The normalized spacial score (nSPS) is 35.8. The molecule has 70 valence electrons. The summed E-state index contributed by atoms with van der Waals surface area (Å²) in [5.74, 6) is 2.14. The lowest BCUT2D eigenvalue weighted by molar-refractivity contribution is 0.313. The van der Waals surface area contributed by atoms with Crippen molar-refractivity contribution < 1.29 is 0 Å². The first-order valence-electron chi connectivity index (χ1n) is 5.18. The van der Waals surface area contributed by atoms with Crippen molar-refractivity contribution in [2.24, 2.45) is 11.8 Å². The zero-order chi connectivity index (χ0) is 8.39. The number of rotatable bonds is 3. The Hall–Kier alpha value is 0.440. The minimum Gasteiger partial charge on any atom is -0.303 e. The van der Waals surface area contributed by atoms with Gasteiger partial charge in [0.15, 0.2) is 0 Å². The van der Waals surface area contributed by atoms with Crippen molar-refractivity contribution in [1.82, 2.24) is 4.90 Å². The van der Waals surface area contributed by atoms with E-state index in [1.54, 1.807) is 0 Å². The van der Waals surface area contributed by atoms with Crippen LogP contribution in [0, 0.1) is 11.8 Å². The predicted octanol–water partition coefficient (Wildman–Crippen LogP) is 2.50. The van der Waals surface area contributed by atoms with Crippen LogP contribution in [0.2, 0.25) is 0 Å². The molecule has 1 saturated heterocycles. The van der Waals surface area contributed by atoms with E-state index >= 15 is 0 Å². The third-order valence-electron chi connectivity index (χ3n) is 3.41. The van der Waals surface area contributed by atoms with Crippen molar-refractivity contribution in [3.8, 4) is 0 Å². The maximum atomic E-state index is 3.49. The average Bonchev–Trinajstić information content (AvgIpc) is 2.58. The van der Waals surface area contributed by atoms with Crippen molar-refractivity contribution >= 4 is 15.9 Å². The fraction of sp³-hybridized carbons (Fsp3) is 1.00. The zero-order valence-electron chi connectivity index (χ0n) is 7.64. The van der Waals surface area contributed by atoms with Crippen LogP contribution in [0.4, 0.5) is 0 Å². The van der Waals surface area contributed by atoms with Crippen LogP contribution in [0.1, 0.15) is 25.7 Å². The number of halogens is 1. The van der Waals surface area contributed by atoms with Gasteiger partial charge in [0, 0.05) is 18.4 Å². The van der Waals surface area contributed by atoms with Gasteiger partial charge in [0.2, 0.25) is 0 Å². The molecule has 1 heterocycles. The highest BCUT2D eigenvalue weighted by Crippen LogP contribution is 2.37. The van der Waals surface area contributed by atoms with Crippen LogP contribution in [-0.2, 0) is 0 Å². The molecule has 0 amide bonds. The molecular formula is C10H18BrN. The monoisotopic (exact) mass is 231 g/mol. The first-order valence-corrected chi connectivity index (χ1v) is 6.30. The minimum atomic E-state index is 1.07. The van der Waals surface area contributed by atoms with Gasteiger partial charge < -0.3 is 4.90 Å². The highest BCUT2D eigenvalue weighted by atomic mass is 79.9. The van der Waals surface area contributed by atoms with E-state index in [0.29, 0.717) is 0 Å². The smallest absolute Gasteiger partial charge is 0.00434 e. The summed E-state index contributed by atoms with van der Waals surface area (Å²) >= 11 is 3.49. The molecule has 0 aromatic heterocycles. The van der Waals surface area contributed by atoms with Crippen molar-refractivity contribution in [2.75, 3.05) is 25.0 Å². The molecule has 1 aliphatic carbocycles. The predicted molar refractivity (Wildman–Crippen MR) is 55.7 cm³/mol. The first kappa shape index (κ1) is 9.01. The van der Waals surface area contributed by atoms with Crippen molar-refractivity contribution in [1.29, 1.82) is 0 Å². The average molecular weight is 232 g/mol. The molecule has 2 heteroatoms. The Morgan fingerprint density at radius 3 is 2.42 bits per heavy atom. The van der Waals surface area contributed by atoms with E-state index in [9.17, 15) is 0 Å². The molecule has 2 atom stereocenters. The first-order chi connectivity index (χ1) is 5.90. The van der Waals surface area contributed by atoms with E-state index in [1.807, 2.05) is 0 Å². The van der Waals surface area contributed by atoms with E-state index in [0.717, 1.165) is 11.8 Å². The number of hydrogen-bond acceptors (Lipinski definition) is 1. The van der Waals surface area contributed by atoms with Gasteiger partial charge in [-0.1, -0.05) is 22.4 Å². The second-order valence-electron chi connectivity index (χ2n) is 4.25. The van der Waals surface area contributed by atoms with Gasteiger partial charge in [-0.05, 0) is 37.6 Å². The van der Waals surface area contributed by atoms with Gasteiger partial charge in [-0.25, -0.2) is 0 Å². The third-order valence-corrected chi connectivity index (χ3v) is 3.97. The van der Waals surface area contributed by atoms with Crippen LogP contribution in [0.25, 0.3) is 0 Å². The summed E-state index contributed by atoms with van der Waals surface area (Å²) in [4.78, 5) is 2.66. The Bertz CT molecular complexity index is 137. The number of hydrogen-bond donors (Lipinski definition) is 0. The summed E-state index contributed by atoms with van der Waals surface area (Å²) in [5, 5.41) is 1.17. The quantitative estimate of drug-likeness (QED) is 0.676. The van der Waals surface area contributed by atoms with E-state index in [-0.39, 0.29) is 0 Å². The van der Waals surface area contributed by atoms with Crippen LogP contribution in [-0.4, -0.2) is 29.9 Å². The largest absolute Gasteiger partial charge is 0.303 e. The second kappa shape index (κ2) is 4.10. The Balaban J connectivity index is 1.75. The molecule has 1 aliphatic heterocycles. The molecule has 0 bridgehead atoms. The maximum absolute atomic E-state index is 3.49.